The Morgan fingerprint density at radius 1 is 1.45 bits per heavy atom. The molecule has 0 heterocycles. The number of rotatable bonds is 11. The molecule has 4 nitrogen and oxygen atoms in total. The van der Waals surface area contributed by atoms with Gasteiger partial charge in [-0.1, -0.05) is 18.2 Å². The van der Waals surface area contributed by atoms with E-state index in [9.17, 15) is 5.11 Å². The van der Waals surface area contributed by atoms with E-state index in [1.54, 1.807) is 24.9 Å². The maximum Gasteiger partial charge on any atom is 0.132 e. The Labute approximate surface area is 125 Å². The van der Waals surface area contributed by atoms with E-state index < -0.39 is 6.10 Å². The van der Waals surface area contributed by atoms with Crippen molar-refractivity contribution < 1.29 is 14.6 Å². The van der Waals surface area contributed by atoms with Crippen molar-refractivity contribution >= 4 is 11.8 Å². The molecule has 0 aliphatic rings. The van der Waals surface area contributed by atoms with Crippen LogP contribution in [0.4, 0.5) is 0 Å². The summed E-state index contributed by atoms with van der Waals surface area (Å²) >= 11 is 1.73. The molecule has 0 aromatic heterocycles. The van der Waals surface area contributed by atoms with Gasteiger partial charge < -0.3 is 19.9 Å². The number of ether oxygens (including phenoxy) is 2. The molecular formula is C15H23NO3S. The first-order valence-electron chi connectivity index (χ1n) is 6.61. The summed E-state index contributed by atoms with van der Waals surface area (Å²) in [7, 11) is 1.68. The van der Waals surface area contributed by atoms with Crippen LogP contribution in [0.2, 0.25) is 0 Å². The van der Waals surface area contributed by atoms with Crippen LogP contribution in [-0.2, 0) is 4.74 Å². The third-order valence-electron chi connectivity index (χ3n) is 2.53. The van der Waals surface area contributed by atoms with Crippen molar-refractivity contribution in [3.05, 3.63) is 36.9 Å². The minimum Gasteiger partial charge on any atom is -0.496 e. The van der Waals surface area contributed by atoms with Gasteiger partial charge in [-0.05, 0) is 12.1 Å². The SMILES string of the molecule is C=CCOC[C@@H](O)CNCCSc1ccccc1OC. The first-order valence-corrected chi connectivity index (χ1v) is 7.59. The molecule has 5 heteroatoms. The minimum atomic E-state index is -0.480. The molecular weight excluding hydrogens is 274 g/mol. The third-order valence-corrected chi connectivity index (χ3v) is 3.59. The smallest absolute Gasteiger partial charge is 0.132 e. The Morgan fingerprint density at radius 3 is 3.00 bits per heavy atom. The number of thioether (sulfide) groups is 1. The fourth-order valence-corrected chi connectivity index (χ4v) is 2.52. The molecule has 20 heavy (non-hydrogen) atoms. The molecule has 0 bridgehead atoms. The van der Waals surface area contributed by atoms with Crippen LogP contribution < -0.4 is 10.1 Å². The largest absolute Gasteiger partial charge is 0.496 e. The number of aliphatic hydroxyl groups is 1. The molecule has 1 aromatic carbocycles. The number of benzene rings is 1. The van der Waals surface area contributed by atoms with Crippen LogP contribution in [-0.4, -0.2) is 50.4 Å². The summed E-state index contributed by atoms with van der Waals surface area (Å²) in [6, 6.07) is 7.96. The number of methoxy groups -OCH3 is 1. The average molecular weight is 297 g/mol. The van der Waals surface area contributed by atoms with Crippen LogP contribution in [0.1, 0.15) is 0 Å². The molecule has 0 amide bonds. The van der Waals surface area contributed by atoms with E-state index in [4.69, 9.17) is 9.47 Å². The molecule has 0 fully saturated rings. The highest BCUT2D eigenvalue weighted by Crippen LogP contribution is 2.27. The van der Waals surface area contributed by atoms with Crippen LogP contribution in [0, 0.1) is 0 Å². The van der Waals surface area contributed by atoms with Crippen molar-refractivity contribution in [1.29, 1.82) is 0 Å². The highest BCUT2D eigenvalue weighted by Gasteiger charge is 2.04. The van der Waals surface area contributed by atoms with Crippen LogP contribution in [0.25, 0.3) is 0 Å². The molecule has 1 rings (SSSR count). The maximum absolute atomic E-state index is 9.63. The van der Waals surface area contributed by atoms with Gasteiger partial charge in [-0.2, -0.15) is 0 Å². The van der Waals surface area contributed by atoms with Crippen molar-refractivity contribution in [3.63, 3.8) is 0 Å². The molecule has 0 spiro atoms. The predicted molar refractivity (Wildman–Crippen MR) is 83.6 cm³/mol. The molecule has 2 N–H and O–H groups in total. The Bertz CT molecular complexity index is 387. The van der Waals surface area contributed by atoms with E-state index in [1.165, 1.54) is 0 Å². The molecule has 0 saturated carbocycles. The van der Waals surface area contributed by atoms with Gasteiger partial charge in [-0.25, -0.2) is 0 Å². The molecule has 0 saturated heterocycles. The van der Waals surface area contributed by atoms with Crippen molar-refractivity contribution in [2.45, 2.75) is 11.0 Å². The van der Waals surface area contributed by atoms with E-state index in [2.05, 4.69) is 11.9 Å². The summed E-state index contributed by atoms with van der Waals surface area (Å²) in [5.41, 5.74) is 0. The second kappa shape index (κ2) is 10.7. The zero-order valence-corrected chi connectivity index (χ0v) is 12.7. The molecule has 112 valence electrons. The second-order valence-electron chi connectivity index (χ2n) is 4.18. The molecule has 0 aliphatic heterocycles. The van der Waals surface area contributed by atoms with Gasteiger partial charge in [0, 0.05) is 23.7 Å². The number of nitrogens with one attached hydrogen (secondary N) is 1. The molecule has 1 aromatic rings. The van der Waals surface area contributed by atoms with Crippen LogP contribution in [0.15, 0.2) is 41.8 Å². The molecule has 1 atom stereocenters. The Morgan fingerprint density at radius 2 is 2.25 bits per heavy atom. The van der Waals surface area contributed by atoms with E-state index >= 15 is 0 Å². The number of para-hydroxylation sites is 1. The second-order valence-corrected chi connectivity index (χ2v) is 5.32. The topological polar surface area (TPSA) is 50.7 Å². The fourth-order valence-electron chi connectivity index (χ4n) is 1.59. The predicted octanol–water partition coefficient (Wildman–Crippen LogP) is 1.94. The normalized spacial score (nSPS) is 12.1. The monoisotopic (exact) mass is 297 g/mol. The van der Waals surface area contributed by atoms with Gasteiger partial charge in [0.25, 0.3) is 0 Å². The summed E-state index contributed by atoms with van der Waals surface area (Å²) in [6.07, 6.45) is 1.19. The van der Waals surface area contributed by atoms with E-state index in [-0.39, 0.29) is 0 Å². The zero-order chi connectivity index (χ0) is 14.6. The Kier molecular flexibility index (Phi) is 9.15. The average Bonchev–Trinajstić information content (AvgIpc) is 2.47. The highest BCUT2D eigenvalue weighted by atomic mass is 32.2. The summed E-state index contributed by atoms with van der Waals surface area (Å²) in [4.78, 5) is 1.13. The molecule has 0 radical (unpaired) electrons. The van der Waals surface area contributed by atoms with Gasteiger partial charge in [0.05, 0.1) is 26.4 Å². The first-order chi connectivity index (χ1) is 9.77. The molecule has 0 unspecified atom stereocenters. The third kappa shape index (κ3) is 6.96. The summed E-state index contributed by atoms with van der Waals surface area (Å²) in [5.74, 6) is 1.82. The van der Waals surface area contributed by atoms with Crippen LogP contribution >= 0.6 is 11.8 Å². The Balaban J connectivity index is 2.11. The van der Waals surface area contributed by atoms with Gasteiger partial charge in [0.1, 0.15) is 5.75 Å². The summed E-state index contributed by atoms with van der Waals surface area (Å²) in [5, 5.41) is 12.8. The van der Waals surface area contributed by atoms with Gasteiger partial charge >= 0.3 is 0 Å². The Hall–Kier alpha value is -1.01. The van der Waals surface area contributed by atoms with Gasteiger partial charge in [0.15, 0.2) is 0 Å². The lowest BCUT2D eigenvalue weighted by Crippen LogP contribution is -2.31. The first kappa shape index (κ1) is 17.0. The van der Waals surface area contributed by atoms with Crippen molar-refractivity contribution in [1.82, 2.24) is 5.32 Å². The standard InChI is InChI=1S/C15H23NO3S/c1-3-9-19-12-13(17)11-16-8-10-20-15-7-5-4-6-14(15)18-2/h3-7,13,16-17H,1,8-12H2,2H3/t13-/m0/s1. The van der Waals surface area contributed by atoms with Crippen LogP contribution in [0.3, 0.4) is 0 Å². The maximum atomic E-state index is 9.63. The summed E-state index contributed by atoms with van der Waals surface area (Å²) < 4.78 is 10.5. The van der Waals surface area contributed by atoms with Crippen molar-refractivity contribution in [2.24, 2.45) is 0 Å². The lowest BCUT2D eigenvalue weighted by Gasteiger charge is -2.12. The van der Waals surface area contributed by atoms with E-state index in [1.807, 2.05) is 24.3 Å². The fraction of sp³-hybridized carbons (Fsp3) is 0.467. The zero-order valence-electron chi connectivity index (χ0n) is 11.9. The van der Waals surface area contributed by atoms with Crippen molar-refractivity contribution in [3.8, 4) is 5.75 Å². The van der Waals surface area contributed by atoms with E-state index in [0.717, 1.165) is 22.9 Å². The minimum absolute atomic E-state index is 0.332. The van der Waals surface area contributed by atoms with Crippen LogP contribution in [0.5, 0.6) is 5.75 Å². The van der Waals surface area contributed by atoms with E-state index in [0.29, 0.717) is 19.8 Å². The summed E-state index contributed by atoms with van der Waals surface area (Å²) in [6.45, 7) is 5.71. The molecule has 0 aliphatic carbocycles. The quantitative estimate of drug-likeness (QED) is 0.371. The van der Waals surface area contributed by atoms with Gasteiger partial charge in [-0.15, -0.1) is 18.3 Å². The number of hydrogen-bond acceptors (Lipinski definition) is 5. The highest BCUT2D eigenvalue weighted by molar-refractivity contribution is 7.99. The van der Waals surface area contributed by atoms with Gasteiger partial charge in [-0.3, -0.25) is 0 Å². The van der Waals surface area contributed by atoms with Gasteiger partial charge in [0.2, 0.25) is 0 Å². The lowest BCUT2D eigenvalue weighted by atomic mass is 10.3. The number of hydrogen-bond donors (Lipinski definition) is 2. The van der Waals surface area contributed by atoms with Crippen molar-refractivity contribution in [2.75, 3.05) is 39.2 Å². The number of aliphatic hydroxyl groups excluding tert-OH is 1. The lowest BCUT2D eigenvalue weighted by molar-refractivity contribution is 0.0498.